The summed E-state index contributed by atoms with van der Waals surface area (Å²) in [5, 5.41) is 0. The van der Waals surface area contributed by atoms with E-state index >= 15 is 0 Å². The lowest BCUT2D eigenvalue weighted by atomic mass is 9.81. The lowest BCUT2D eigenvalue weighted by Crippen LogP contribution is -2.27. The van der Waals surface area contributed by atoms with Crippen LogP contribution in [-0.2, 0) is 5.41 Å². The van der Waals surface area contributed by atoms with Crippen molar-refractivity contribution in [1.29, 1.82) is 0 Å². The van der Waals surface area contributed by atoms with Crippen LogP contribution < -0.4 is 0 Å². The molecule has 1 aliphatic carbocycles. The minimum absolute atomic E-state index is 0.0235. The second kappa shape index (κ2) is 10.8. The fourth-order valence-electron chi connectivity index (χ4n) is 5.79. The molecular formula is C32H45N2+. The normalized spacial score (nSPS) is 21.9. The molecule has 2 heteroatoms. The average molecular weight is 458 g/mol. The molecule has 4 rings (SSSR count). The van der Waals surface area contributed by atoms with Crippen LogP contribution in [0, 0.1) is 5.41 Å². The van der Waals surface area contributed by atoms with Crippen LogP contribution in [-0.4, -0.2) is 28.3 Å². The Morgan fingerprint density at radius 3 is 2.41 bits per heavy atom. The van der Waals surface area contributed by atoms with Gasteiger partial charge < -0.3 is 4.90 Å². The van der Waals surface area contributed by atoms with Crippen LogP contribution in [0.3, 0.4) is 0 Å². The second-order valence-electron chi connectivity index (χ2n) is 10.1. The molecule has 1 aromatic carbocycles. The number of benzene rings is 1. The van der Waals surface area contributed by atoms with Gasteiger partial charge in [-0.3, -0.25) is 0 Å². The summed E-state index contributed by atoms with van der Waals surface area (Å²) < 4.78 is 2.45. The van der Waals surface area contributed by atoms with Crippen LogP contribution in [0.25, 0.3) is 0 Å². The Hall–Kier alpha value is -2.61. The highest BCUT2D eigenvalue weighted by Gasteiger charge is 2.43. The average Bonchev–Trinajstić information content (AvgIpc) is 3.04. The van der Waals surface area contributed by atoms with Crippen molar-refractivity contribution in [3.05, 3.63) is 89.3 Å². The highest BCUT2D eigenvalue weighted by molar-refractivity contribution is 6.03. The molecule has 0 unspecified atom stereocenters. The van der Waals surface area contributed by atoms with E-state index in [1.165, 1.54) is 53.2 Å². The van der Waals surface area contributed by atoms with Crippen LogP contribution in [0.4, 0.5) is 5.69 Å². The summed E-state index contributed by atoms with van der Waals surface area (Å²) in [6.45, 7) is 19.9. The summed E-state index contributed by atoms with van der Waals surface area (Å²) >= 11 is 0. The quantitative estimate of drug-likeness (QED) is 0.317. The third-order valence-corrected chi connectivity index (χ3v) is 7.47. The molecule has 34 heavy (non-hydrogen) atoms. The lowest BCUT2D eigenvalue weighted by Gasteiger charge is -2.28. The maximum atomic E-state index is 2.54. The smallest absolute Gasteiger partial charge is 0.209 e. The third-order valence-electron chi connectivity index (χ3n) is 7.47. The molecule has 2 nitrogen and oxygen atoms in total. The standard InChI is InChI=1S/C30H39N2.C2H6/c1-7-31-25-19-12-9-11-17-23(25)29(3,4)27(31)21-13-10-14-22-28-30(5,6)24-18-15-16-20-26(24)32(28)8-2;1-2/h10-11,13-18,20-22H,7-9,12,19H2,1-6H3;1-2H3/q+1;. The Bertz CT molecular complexity index is 1070. The monoisotopic (exact) mass is 457 g/mol. The number of rotatable bonds is 5. The first-order valence-corrected chi connectivity index (χ1v) is 13.3. The molecule has 3 aliphatic rings. The highest BCUT2D eigenvalue weighted by atomic mass is 15.2. The fourth-order valence-corrected chi connectivity index (χ4v) is 5.79. The second-order valence-corrected chi connectivity index (χ2v) is 10.1. The van der Waals surface area contributed by atoms with Gasteiger partial charge in [-0.15, -0.1) is 0 Å². The zero-order valence-electron chi connectivity index (χ0n) is 22.8. The van der Waals surface area contributed by atoms with Crippen molar-refractivity contribution in [2.45, 2.75) is 80.1 Å². The van der Waals surface area contributed by atoms with Gasteiger partial charge in [0.15, 0.2) is 5.71 Å². The summed E-state index contributed by atoms with van der Waals surface area (Å²) in [7, 11) is 0. The Balaban J connectivity index is 0.00000158. The summed E-state index contributed by atoms with van der Waals surface area (Å²) in [6.07, 6.45) is 19.6. The van der Waals surface area contributed by atoms with E-state index in [0.717, 1.165) is 13.1 Å². The maximum absolute atomic E-state index is 2.54. The van der Waals surface area contributed by atoms with Crippen molar-refractivity contribution in [3.8, 4) is 0 Å². The van der Waals surface area contributed by atoms with Gasteiger partial charge in [0.1, 0.15) is 6.54 Å². The lowest BCUT2D eigenvalue weighted by molar-refractivity contribution is -0.433. The maximum Gasteiger partial charge on any atom is 0.209 e. The summed E-state index contributed by atoms with van der Waals surface area (Å²) in [4.78, 5) is 2.54. The summed E-state index contributed by atoms with van der Waals surface area (Å²) in [5.74, 6) is 0. The van der Waals surface area contributed by atoms with E-state index in [-0.39, 0.29) is 10.8 Å². The van der Waals surface area contributed by atoms with E-state index in [2.05, 4.69) is 118 Å². The van der Waals surface area contributed by atoms with E-state index in [1.807, 2.05) is 13.8 Å². The first kappa shape index (κ1) is 26.0. The zero-order chi connectivity index (χ0) is 24.9. The molecule has 182 valence electrons. The summed E-state index contributed by atoms with van der Waals surface area (Å²) in [6, 6.07) is 8.81. The predicted octanol–water partition coefficient (Wildman–Crippen LogP) is 8.46. The van der Waals surface area contributed by atoms with Gasteiger partial charge in [0, 0.05) is 41.1 Å². The highest BCUT2D eigenvalue weighted by Crippen LogP contribution is 2.49. The van der Waals surface area contributed by atoms with Gasteiger partial charge in [0.2, 0.25) is 5.69 Å². The van der Waals surface area contributed by atoms with Crippen molar-refractivity contribution < 1.29 is 4.58 Å². The SMILES string of the molecule is CC.CCN1C2=C(C=CCCC2)C(C)(C)\C1=C/C=C/C=C/C1=[N+](CC)c2ccccc2C1(C)C. The van der Waals surface area contributed by atoms with Crippen molar-refractivity contribution in [2.75, 3.05) is 13.1 Å². The number of para-hydroxylation sites is 1. The molecule has 2 aliphatic heterocycles. The van der Waals surface area contributed by atoms with Crippen LogP contribution in [0.5, 0.6) is 0 Å². The number of allylic oxidation sites excluding steroid dienone is 9. The van der Waals surface area contributed by atoms with Crippen LogP contribution in [0.2, 0.25) is 0 Å². The summed E-state index contributed by atoms with van der Waals surface area (Å²) in [5.41, 5.74) is 8.66. The van der Waals surface area contributed by atoms with Crippen molar-refractivity contribution in [1.82, 2.24) is 4.90 Å². The number of fused-ring (bicyclic) bond motifs is 1. The van der Waals surface area contributed by atoms with Crippen molar-refractivity contribution >= 4 is 11.4 Å². The molecule has 2 heterocycles. The van der Waals surface area contributed by atoms with Gasteiger partial charge in [-0.25, -0.2) is 0 Å². The minimum Gasteiger partial charge on any atom is -0.348 e. The zero-order valence-corrected chi connectivity index (χ0v) is 22.8. The van der Waals surface area contributed by atoms with E-state index < -0.39 is 0 Å². The molecule has 1 aromatic rings. The number of hydrogen-bond acceptors (Lipinski definition) is 1. The number of hydrogen-bond donors (Lipinski definition) is 0. The Morgan fingerprint density at radius 1 is 0.971 bits per heavy atom. The van der Waals surface area contributed by atoms with Crippen molar-refractivity contribution in [2.24, 2.45) is 5.41 Å². The Labute approximate surface area is 208 Å². The molecular weight excluding hydrogens is 412 g/mol. The molecule has 0 bridgehead atoms. The molecule has 0 radical (unpaired) electrons. The van der Waals surface area contributed by atoms with Gasteiger partial charge in [-0.05, 0) is 58.6 Å². The Kier molecular flexibility index (Phi) is 8.23. The molecule has 0 saturated carbocycles. The predicted molar refractivity (Wildman–Crippen MR) is 149 cm³/mol. The van der Waals surface area contributed by atoms with E-state index in [4.69, 9.17) is 0 Å². The third kappa shape index (κ3) is 4.52. The molecule has 0 N–H and O–H groups in total. The van der Waals surface area contributed by atoms with E-state index in [9.17, 15) is 0 Å². The molecule has 0 saturated heterocycles. The molecule has 0 amide bonds. The molecule has 0 atom stereocenters. The van der Waals surface area contributed by atoms with Gasteiger partial charge in [-0.2, -0.15) is 4.58 Å². The molecule has 0 spiro atoms. The van der Waals surface area contributed by atoms with E-state index in [1.54, 1.807) is 0 Å². The molecule has 0 aromatic heterocycles. The van der Waals surface area contributed by atoms with Gasteiger partial charge >= 0.3 is 0 Å². The van der Waals surface area contributed by atoms with Gasteiger partial charge in [0.05, 0.1) is 5.41 Å². The Morgan fingerprint density at radius 2 is 1.71 bits per heavy atom. The fraction of sp³-hybridized carbons (Fsp3) is 0.469. The van der Waals surface area contributed by atoms with Crippen LogP contribution in [0.15, 0.2) is 83.8 Å². The number of nitrogens with zero attached hydrogens (tertiary/aromatic N) is 2. The first-order valence-electron chi connectivity index (χ1n) is 13.3. The minimum atomic E-state index is 0.0235. The first-order chi connectivity index (χ1) is 16.3. The van der Waals surface area contributed by atoms with Crippen LogP contribution in [0.1, 0.15) is 80.2 Å². The van der Waals surface area contributed by atoms with E-state index in [0.29, 0.717) is 0 Å². The van der Waals surface area contributed by atoms with Gasteiger partial charge in [0.25, 0.3) is 0 Å². The van der Waals surface area contributed by atoms with Gasteiger partial charge in [-0.1, -0.05) is 76.3 Å². The molecule has 0 fully saturated rings. The van der Waals surface area contributed by atoms with Crippen molar-refractivity contribution in [3.63, 3.8) is 0 Å². The topological polar surface area (TPSA) is 6.25 Å². The van der Waals surface area contributed by atoms with Crippen LogP contribution >= 0.6 is 0 Å². The largest absolute Gasteiger partial charge is 0.348 e.